The summed E-state index contributed by atoms with van der Waals surface area (Å²) in [5.74, 6) is -0.259. The second-order valence-corrected chi connectivity index (χ2v) is 4.37. The van der Waals surface area contributed by atoms with E-state index in [2.05, 4.69) is 0 Å². The van der Waals surface area contributed by atoms with Gasteiger partial charge in [0.1, 0.15) is 0 Å². The second kappa shape index (κ2) is 4.99. The zero-order valence-corrected chi connectivity index (χ0v) is 9.47. The molecule has 1 heterocycles. The molecule has 2 N–H and O–H groups in total. The van der Waals surface area contributed by atoms with Crippen LogP contribution in [0.25, 0.3) is 0 Å². The van der Waals surface area contributed by atoms with E-state index in [4.69, 9.17) is 10.5 Å². The average Bonchev–Trinajstić information content (AvgIpc) is 2.75. The fourth-order valence-electron chi connectivity index (χ4n) is 1.39. The molecule has 0 aliphatic rings. The molecule has 0 radical (unpaired) electrons. The number of hydrogen-bond acceptors (Lipinski definition) is 3. The fourth-order valence-corrected chi connectivity index (χ4v) is 2.08. The van der Waals surface area contributed by atoms with E-state index >= 15 is 0 Å². The van der Waals surface area contributed by atoms with Crippen LogP contribution in [0.4, 0.5) is 10.1 Å². The monoisotopic (exact) mass is 237 g/mol. The van der Waals surface area contributed by atoms with Gasteiger partial charge in [-0.25, -0.2) is 4.39 Å². The summed E-state index contributed by atoms with van der Waals surface area (Å²) in [6, 6.07) is 8.55. The molecule has 0 atom stereocenters. The number of benzene rings is 1. The SMILES string of the molecule is Nc1cccc(F)c1OCCc1cccs1. The van der Waals surface area contributed by atoms with Gasteiger partial charge in [-0.2, -0.15) is 0 Å². The summed E-state index contributed by atoms with van der Waals surface area (Å²) in [7, 11) is 0. The maximum absolute atomic E-state index is 13.3. The van der Waals surface area contributed by atoms with Crippen molar-refractivity contribution in [3.63, 3.8) is 0 Å². The number of hydrogen-bond donors (Lipinski definition) is 1. The molecule has 4 heteroatoms. The summed E-state index contributed by atoms with van der Waals surface area (Å²) < 4.78 is 18.7. The molecule has 0 aliphatic heterocycles. The number of anilines is 1. The van der Waals surface area contributed by atoms with Crippen LogP contribution < -0.4 is 10.5 Å². The standard InChI is InChI=1S/C12H12FNOS/c13-10-4-1-5-11(14)12(10)15-7-6-9-3-2-8-16-9/h1-5,8H,6-7,14H2. The van der Waals surface area contributed by atoms with Gasteiger partial charge in [0.05, 0.1) is 12.3 Å². The smallest absolute Gasteiger partial charge is 0.177 e. The number of rotatable bonds is 4. The van der Waals surface area contributed by atoms with Gasteiger partial charge in [-0.05, 0) is 23.6 Å². The number of nitrogen functional groups attached to an aromatic ring is 1. The van der Waals surface area contributed by atoms with Crippen LogP contribution in [0, 0.1) is 5.82 Å². The Morgan fingerprint density at radius 2 is 2.12 bits per heavy atom. The van der Waals surface area contributed by atoms with Gasteiger partial charge in [0.15, 0.2) is 11.6 Å². The van der Waals surface area contributed by atoms with E-state index in [1.54, 1.807) is 23.5 Å². The average molecular weight is 237 g/mol. The van der Waals surface area contributed by atoms with Crippen LogP contribution in [0.5, 0.6) is 5.75 Å². The van der Waals surface area contributed by atoms with Crippen LogP contribution in [0.1, 0.15) is 4.88 Å². The van der Waals surface area contributed by atoms with Crippen LogP contribution in [0.3, 0.4) is 0 Å². The predicted octanol–water partition coefficient (Wildman–Crippen LogP) is 3.09. The maximum Gasteiger partial charge on any atom is 0.177 e. The van der Waals surface area contributed by atoms with Crippen molar-refractivity contribution >= 4 is 17.0 Å². The Bertz CT molecular complexity index is 436. The number of nitrogens with two attached hydrogens (primary N) is 1. The summed E-state index contributed by atoms with van der Waals surface area (Å²) >= 11 is 1.66. The first kappa shape index (κ1) is 11.0. The molecule has 0 fully saturated rings. The van der Waals surface area contributed by atoms with Crippen molar-refractivity contribution in [2.75, 3.05) is 12.3 Å². The van der Waals surface area contributed by atoms with Crippen molar-refractivity contribution < 1.29 is 9.13 Å². The number of ether oxygens (including phenoxy) is 1. The third kappa shape index (κ3) is 2.52. The maximum atomic E-state index is 13.3. The van der Waals surface area contributed by atoms with E-state index in [0.29, 0.717) is 12.3 Å². The summed E-state index contributed by atoms with van der Waals surface area (Å²) in [5, 5.41) is 2.01. The molecule has 0 unspecified atom stereocenters. The lowest BCUT2D eigenvalue weighted by Crippen LogP contribution is -2.04. The minimum atomic E-state index is -0.411. The highest BCUT2D eigenvalue weighted by atomic mass is 32.1. The molecule has 1 aromatic carbocycles. The highest BCUT2D eigenvalue weighted by Gasteiger charge is 2.06. The van der Waals surface area contributed by atoms with Crippen molar-refractivity contribution in [3.05, 3.63) is 46.4 Å². The second-order valence-electron chi connectivity index (χ2n) is 3.34. The summed E-state index contributed by atoms with van der Waals surface area (Å²) in [5.41, 5.74) is 5.96. The molecule has 0 spiro atoms. The van der Waals surface area contributed by atoms with Crippen LogP contribution in [-0.4, -0.2) is 6.61 Å². The third-order valence-electron chi connectivity index (χ3n) is 2.17. The summed E-state index contributed by atoms with van der Waals surface area (Å²) in [6.45, 7) is 0.436. The lowest BCUT2D eigenvalue weighted by Gasteiger charge is -2.08. The van der Waals surface area contributed by atoms with E-state index in [9.17, 15) is 4.39 Å². The van der Waals surface area contributed by atoms with Gasteiger partial charge in [-0.3, -0.25) is 0 Å². The number of para-hydroxylation sites is 1. The predicted molar refractivity (Wildman–Crippen MR) is 64.3 cm³/mol. The molecule has 0 amide bonds. The number of halogens is 1. The quantitative estimate of drug-likeness (QED) is 0.829. The minimum absolute atomic E-state index is 0.152. The van der Waals surface area contributed by atoms with Gasteiger partial charge >= 0.3 is 0 Å². The van der Waals surface area contributed by atoms with Crippen molar-refractivity contribution in [1.82, 2.24) is 0 Å². The fraction of sp³-hybridized carbons (Fsp3) is 0.167. The zero-order valence-electron chi connectivity index (χ0n) is 8.65. The molecule has 2 nitrogen and oxygen atoms in total. The molecule has 2 rings (SSSR count). The Morgan fingerprint density at radius 1 is 1.25 bits per heavy atom. The van der Waals surface area contributed by atoms with E-state index in [1.807, 2.05) is 17.5 Å². The third-order valence-corrected chi connectivity index (χ3v) is 3.11. The Balaban J connectivity index is 1.95. The summed E-state index contributed by atoms with van der Waals surface area (Å²) in [4.78, 5) is 1.22. The zero-order chi connectivity index (χ0) is 11.4. The Labute approximate surface area is 97.5 Å². The first-order valence-electron chi connectivity index (χ1n) is 4.96. The molecular formula is C12H12FNOS. The van der Waals surface area contributed by atoms with Gasteiger partial charge < -0.3 is 10.5 Å². The van der Waals surface area contributed by atoms with Crippen LogP contribution in [0.15, 0.2) is 35.7 Å². The van der Waals surface area contributed by atoms with Gasteiger partial charge in [-0.1, -0.05) is 12.1 Å². The normalized spacial score (nSPS) is 10.3. The molecule has 16 heavy (non-hydrogen) atoms. The molecule has 0 bridgehead atoms. The van der Waals surface area contributed by atoms with Gasteiger partial charge in [0, 0.05) is 11.3 Å². The Morgan fingerprint density at radius 3 is 2.81 bits per heavy atom. The van der Waals surface area contributed by atoms with Gasteiger partial charge in [-0.15, -0.1) is 11.3 Å². The molecule has 1 aromatic heterocycles. The Hall–Kier alpha value is -1.55. The van der Waals surface area contributed by atoms with Crippen LogP contribution in [-0.2, 0) is 6.42 Å². The molecule has 0 saturated heterocycles. The molecule has 0 saturated carbocycles. The largest absolute Gasteiger partial charge is 0.488 e. The van der Waals surface area contributed by atoms with Crippen LogP contribution in [0.2, 0.25) is 0 Å². The van der Waals surface area contributed by atoms with E-state index in [0.717, 1.165) is 6.42 Å². The summed E-state index contributed by atoms with van der Waals surface area (Å²) in [6.07, 6.45) is 0.769. The first-order chi connectivity index (χ1) is 7.77. The molecule has 0 aliphatic carbocycles. The topological polar surface area (TPSA) is 35.2 Å². The first-order valence-corrected chi connectivity index (χ1v) is 5.84. The molecule has 2 aromatic rings. The lowest BCUT2D eigenvalue weighted by atomic mass is 10.3. The van der Waals surface area contributed by atoms with Crippen molar-refractivity contribution in [2.24, 2.45) is 0 Å². The van der Waals surface area contributed by atoms with Crippen molar-refractivity contribution in [3.8, 4) is 5.75 Å². The van der Waals surface area contributed by atoms with Crippen molar-refractivity contribution in [2.45, 2.75) is 6.42 Å². The van der Waals surface area contributed by atoms with Crippen molar-refractivity contribution in [1.29, 1.82) is 0 Å². The highest BCUT2D eigenvalue weighted by molar-refractivity contribution is 7.09. The number of thiophene rings is 1. The molecular weight excluding hydrogens is 225 g/mol. The lowest BCUT2D eigenvalue weighted by molar-refractivity contribution is 0.308. The van der Waals surface area contributed by atoms with Gasteiger partial charge in [0.25, 0.3) is 0 Å². The van der Waals surface area contributed by atoms with E-state index in [-0.39, 0.29) is 5.75 Å². The van der Waals surface area contributed by atoms with Crippen LogP contribution >= 0.6 is 11.3 Å². The molecule has 84 valence electrons. The minimum Gasteiger partial charge on any atom is -0.488 e. The van der Waals surface area contributed by atoms with Gasteiger partial charge in [0.2, 0.25) is 0 Å². The van der Waals surface area contributed by atoms with E-state index in [1.165, 1.54) is 10.9 Å². The Kier molecular flexibility index (Phi) is 3.41. The van der Waals surface area contributed by atoms with E-state index < -0.39 is 5.82 Å². The highest BCUT2D eigenvalue weighted by Crippen LogP contribution is 2.24.